The summed E-state index contributed by atoms with van der Waals surface area (Å²) in [6, 6.07) is 8.53. The summed E-state index contributed by atoms with van der Waals surface area (Å²) in [4.78, 5) is 17.1. The number of hydrogen-bond donors (Lipinski definition) is 0. The van der Waals surface area contributed by atoms with E-state index < -0.39 is 0 Å². The molecule has 2 heterocycles. The first-order valence-corrected chi connectivity index (χ1v) is 10.2. The molecule has 1 atom stereocenters. The Morgan fingerprint density at radius 2 is 1.92 bits per heavy atom. The van der Waals surface area contributed by atoms with Crippen LogP contribution in [0.1, 0.15) is 57.4 Å². The first-order valence-electron chi connectivity index (χ1n) is 10.2. The molecule has 0 radical (unpaired) electrons. The van der Waals surface area contributed by atoms with Crippen LogP contribution in [0.5, 0.6) is 0 Å². The van der Waals surface area contributed by atoms with Crippen LogP contribution >= 0.6 is 0 Å². The second kappa shape index (κ2) is 7.11. The number of anilines is 1. The second-order valence-electron chi connectivity index (χ2n) is 8.75. The van der Waals surface area contributed by atoms with Gasteiger partial charge in [0.1, 0.15) is 0 Å². The number of nitrogens with zero attached hydrogens (tertiary/aromatic N) is 2. The lowest BCUT2D eigenvalue weighted by molar-refractivity contribution is -0.117. The Labute approximate surface area is 152 Å². The molecule has 3 nitrogen and oxygen atoms in total. The Hall–Kier alpha value is -1.35. The van der Waals surface area contributed by atoms with Crippen molar-refractivity contribution in [2.45, 2.75) is 58.3 Å². The molecule has 1 amide bonds. The molecule has 0 aromatic heterocycles. The highest BCUT2D eigenvalue weighted by Crippen LogP contribution is 2.42. The summed E-state index contributed by atoms with van der Waals surface area (Å²) >= 11 is 0. The smallest absolute Gasteiger partial charge is 0.223 e. The van der Waals surface area contributed by atoms with Crippen molar-refractivity contribution in [3.8, 4) is 0 Å². The number of benzene rings is 1. The Balaban J connectivity index is 1.51. The van der Waals surface area contributed by atoms with Crippen LogP contribution in [0, 0.1) is 11.3 Å². The zero-order valence-corrected chi connectivity index (χ0v) is 15.7. The van der Waals surface area contributed by atoms with Crippen molar-refractivity contribution in [3.63, 3.8) is 0 Å². The summed E-state index contributed by atoms with van der Waals surface area (Å²) in [5.74, 6) is 1.10. The van der Waals surface area contributed by atoms with Gasteiger partial charge >= 0.3 is 0 Å². The van der Waals surface area contributed by atoms with Crippen LogP contribution in [0.25, 0.3) is 0 Å². The number of carbonyl (C=O) groups is 1. The van der Waals surface area contributed by atoms with Gasteiger partial charge in [0, 0.05) is 37.7 Å². The average molecular weight is 341 g/mol. The fourth-order valence-electron chi connectivity index (χ4n) is 5.56. The zero-order chi connectivity index (χ0) is 17.3. The van der Waals surface area contributed by atoms with Crippen LogP contribution in [-0.2, 0) is 11.2 Å². The maximum Gasteiger partial charge on any atom is 0.223 e. The standard InChI is InChI=1S/C22H32N2O/c1-18(25)24-17-22(14-20-10-5-6-11-21(20)24)12-7-13-23(16-22)15-19-8-3-2-4-9-19/h5-6,10-11,19H,2-4,7-9,12-17H2,1H3. The van der Waals surface area contributed by atoms with E-state index in [4.69, 9.17) is 0 Å². The molecule has 2 aliphatic heterocycles. The molecule has 0 bridgehead atoms. The van der Waals surface area contributed by atoms with Crippen molar-refractivity contribution >= 4 is 11.6 Å². The van der Waals surface area contributed by atoms with Gasteiger partial charge in [0.2, 0.25) is 5.91 Å². The molecule has 0 N–H and O–H groups in total. The Morgan fingerprint density at radius 1 is 1.12 bits per heavy atom. The highest BCUT2D eigenvalue weighted by atomic mass is 16.2. The van der Waals surface area contributed by atoms with E-state index in [0.717, 1.165) is 24.6 Å². The number of rotatable bonds is 2. The van der Waals surface area contributed by atoms with Gasteiger partial charge in [0.05, 0.1) is 0 Å². The van der Waals surface area contributed by atoms with Crippen LogP contribution in [0.15, 0.2) is 24.3 Å². The predicted octanol–water partition coefficient (Wildman–Crippen LogP) is 4.26. The molecule has 1 saturated carbocycles. The number of hydrogen-bond acceptors (Lipinski definition) is 2. The first kappa shape index (κ1) is 17.1. The number of carbonyl (C=O) groups excluding carboxylic acids is 1. The van der Waals surface area contributed by atoms with Gasteiger partial charge in [-0.05, 0) is 56.2 Å². The van der Waals surface area contributed by atoms with Crippen molar-refractivity contribution in [3.05, 3.63) is 29.8 Å². The third-order valence-corrected chi connectivity index (χ3v) is 6.70. The van der Waals surface area contributed by atoms with Crippen molar-refractivity contribution in [1.82, 2.24) is 4.90 Å². The third-order valence-electron chi connectivity index (χ3n) is 6.70. The molecular weight excluding hydrogens is 308 g/mol. The van der Waals surface area contributed by atoms with Gasteiger partial charge in [-0.1, -0.05) is 37.5 Å². The molecule has 1 aliphatic carbocycles. The van der Waals surface area contributed by atoms with Gasteiger partial charge in [-0.15, -0.1) is 0 Å². The molecule has 4 rings (SSSR count). The minimum Gasteiger partial charge on any atom is -0.312 e. The Bertz CT molecular complexity index is 622. The van der Waals surface area contributed by atoms with E-state index in [1.54, 1.807) is 6.92 Å². The lowest BCUT2D eigenvalue weighted by Gasteiger charge is -2.49. The second-order valence-corrected chi connectivity index (χ2v) is 8.75. The molecule has 1 aromatic carbocycles. The van der Waals surface area contributed by atoms with E-state index >= 15 is 0 Å². The lowest BCUT2D eigenvalue weighted by Crippen LogP contribution is -2.54. The van der Waals surface area contributed by atoms with E-state index in [-0.39, 0.29) is 11.3 Å². The van der Waals surface area contributed by atoms with Gasteiger partial charge < -0.3 is 9.80 Å². The van der Waals surface area contributed by atoms with Gasteiger partial charge in [0.25, 0.3) is 0 Å². The molecular formula is C22H32N2O. The van der Waals surface area contributed by atoms with Gasteiger partial charge in [0.15, 0.2) is 0 Å². The number of piperidine rings is 1. The molecule has 1 unspecified atom stereocenters. The number of para-hydroxylation sites is 1. The largest absolute Gasteiger partial charge is 0.312 e. The molecule has 25 heavy (non-hydrogen) atoms. The lowest BCUT2D eigenvalue weighted by atomic mass is 9.71. The zero-order valence-electron chi connectivity index (χ0n) is 15.7. The highest BCUT2D eigenvalue weighted by molar-refractivity contribution is 5.93. The van der Waals surface area contributed by atoms with Crippen LogP contribution < -0.4 is 4.90 Å². The summed E-state index contributed by atoms with van der Waals surface area (Å²) in [5, 5.41) is 0. The maximum atomic E-state index is 12.3. The molecule has 3 heteroatoms. The van der Waals surface area contributed by atoms with E-state index in [0.29, 0.717) is 0 Å². The van der Waals surface area contributed by atoms with Gasteiger partial charge in [-0.2, -0.15) is 0 Å². The summed E-state index contributed by atoms with van der Waals surface area (Å²) in [7, 11) is 0. The molecule has 2 fully saturated rings. The minimum absolute atomic E-state index is 0.191. The number of likely N-dealkylation sites (tertiary alicyclic amines) is 1. The van der Waals surface area contributed by atoms with Crippen LogP contribution in [-0.4, -0.2) is 37.0 Å². The van der Waals surface area contributed by atoms with E-state index in [2.05, 4.69) is 29.2 Å². The number of amides is 1. The predicted molar refractivity (Wildman–Crippen MR) is 103 cm³/mol. The van der Waals surface area contributed by atoms with Crippen molar-refractivity contribution < 1.29 is 4.79 Å². The molecule has 136 valence electrons. The molecule has 3 aliphatic rings. The molecule has 1 aromatic rings. The van der Waals surface area contributed by atoms with E-state index in [9.17, 15) is 4.79 Å². The first-order chi connectivity index (χ1) is 12.2. The van der Waals surface area contributed by atoms with E-state index in [1.807, 2.05) is 4.90 Å². The fourth-order valence-corrected chi connectivity index (χ4v) is 5.56. The average Bonchev–Trinajstić information content (AvgIpc) is 2.62. The molecule has 1 spiro atoms. The monoisotopic (exact) mass is 340 g/mol. The van der Waals surface area contributed by atoms with Crippen molar-refractivity contribution in [2.75, 3.05) is 31.1 Å². The van der Waals surface area contributed by atoms with Gasteiger partial charge in [-0.3, -0.25) is 4.79 Å². The van der Waals surface area contributed by atoms with Crippen LogP contribution in [0.2, 0.25) is 0 Å². The van der Waals surface area contributed by atoms with Crippen LogP contribution in [0.4, 0.5) is 5.69 Å². The SMILES string of the molecule is CC(=O)N1CC2(CCCN(CC3CCCCC3)C2)Cc2ccccc21. The van der Waals surface area contributed by atoms with Crippen molar-refractivity contribution in [2.24, 2.45) is 11.3 Å². The fraction of sp³-hybridized carbons (Fsp3) is 0.682. The minimum atomic E-state index is 0.191. The third kappa shape index (κ3) is 3.62. The quantitative estimate of drug-likeness (QED) is 0.803. The summed E-state index contributed by atoms with van der Waals surface area (Å²) in [6.45, 7) is 6.32. The summed E-state index contributed by atoms with van der Waals surface area (Å²) in [5.41, 5.74) is 2.76. The van der Waals surface area contributed by atoms with Crippen molar-refractivity contribution in [1.29, 1.82) is 0 Å². The normalized spacial score (nSPS) is 28.1. The van der Waals surface area contributed by atoms with Gasteiger partial charge in [-0.25, -0.2) is 0 Å². The summed E-state index contributed by atoms with van der Waals surface area (Å²) < 4.78 is 0. The van der Waals surface area contributed by atoms with E-state index in [1.165, 1.54) is 70.1 Å². The maximum absolute atomic E-state index is 12.3. The Kier molecular flexibility index (Phi) is 4.86. The number of fused-ring (bicyclic) bond motifs is 1. The van der Waals surface area contributed by atoms with Crippen LogP contribution in [0.3, 0.4) is 0 Å². The topological polar surface area (TPSA) is 23.6 Å². The summed E-state index contributed by atoms with van der Waals surface area (Å²) in [6.07, 6.45) is 10.8. The Morgan fingerprint density at radius 3 is 2.72 bits per heavy atom. The molecule has 1 saturated heterocycles. The highest BCUT2D eigenvalue weighted by Gasteiger charge is 2.42.